The number of rotatable bonds is 3. The summed E-state index contributed by atoms with van der Waals surface area (Å²) in [5.41, 5.74) is 2.43. The number of hydrogen-bond acceptors (Lipinski definition) is 3. The Balaban J connectivity index is 1.89. The van der Waals surface area contributed by atoms with Gasteiger partial charge in [0.1, 0.15) is 0 Å². The zero-order valence-corrected chi connectivity index (χ0v) is 12.2. The zero-order valence-electron chi connectivity index (χ0n) is 12.2. The maximum Gasteiger partial charge on any atom is 0.255 e. The van der Waals surface area contributed by atoms with E-state index >= 15 is 0 Å². The van der Waals surface area contributed by atoms with E-state index in [0.29, 0.717) is 5.56 Å². The number of nitriles is 1. The Bertz CT molecular complexity index is 719. The molecule has 1 N–H and O–H groups in total. The molecule has 0 saturated carbocycles. The Labute approximate surface area is 129 Å². The fourth-order valence-electron chi connectivity index (χ4n) is 2.92. The van der Waals surface area contributed by atoms with E-state index < -0.39 is 6.10 Å². The Kier molecular flexibility index (Phi) is 3.66. The zero-order chi connectivity index (χ0) is 15.7. The van der Waals surface area contributed by atoms with Gasteiger partial charge in [0, 0.05) is 0 Å². The largest absolute Gasteiger partial charge is 0.381 e. The van der Waals surface area contributed by atoms with E-state index in [-0.39, 0.29) is 18.0 Å². The first-order chi connectivity index (χ1) is 10.6. The van der Waals surface area contributed by atoms with Crippen molar-refractivity contribution in [3.05, 3.63) is 71.3 Å². The van der Waals surface area contributed by atoms with Crippen molar-refractivity contribution in [1.82, 2.24) is 4.90 Å². The standard InChI is InChI=1S/C18H16N2O2/c1-12(14-5-3-2-4-6-14)20-16(17(21)18(20)22)15-9-7-13(11-19)8-10-15/h2-10,12,16-17,21H,1H3/t12-,16-,17+/m0/s1. The summed E-state index contributed by atoms with van der Waals surface area (Å²) in [5, 5.41) is 18.9. The number of aliphatic hydroxyl groups is 1. The van der Waals surface area contributed by atoms with Gasteiger partial charge in [0.05, 0.1) is 23.7 Å². The highest BCUT2D eigenvalue weighted by Gasteiger charge is 2.49. The van der Waals surface area contributed by atoms with E-state index in [4.69, 9.17) is 5.26 Å². The molecular weight excluding hydrogens is 276 g/mol. The van der Waals surface area contributed by atoms with Gasteiger partial charge in [-0.15, -0.1) is 0 Å². The van der Waals surface area contributed by atoms with Crippen molar-refractivity contribution in [2.45, 2.75) is 25.1 Å². The SMILES string of the molecule is C[C@@H](c1ccccc1)N1C(=O)[C@H](O)[C@@H]1c1ccc(C#N)cc1. The Morgan fingerprint density at radius 1 is 1.14 bits per heavy atom. The number of amides is 1. The lowest BCUT2D eigenvalue weighted by molar-refractivity contribution is -0.172. The van der Waals surface area contributed by atoms with E-state index in [1.165, 1.54) is 0 Å². The van der Waals surface area contributed by atoms with Crippen LogP contribution >= 0.6 is 0 Å². The molecule has 3 atom stereocenters. The van der Waals surface area contributed by atoms with Gasteiger partial charge in [0.2, 0.25) is 0 Å². The summed E-state index contributed by atoms with van der Waals surface area (Å²) < 4.78 is 0. The number of nitrogens with zero attached hydrogens (tertiary/aromatic N) is 2. The first-order valence-corrected chi connectivity index (χ1v) is 7.18. The average Bonchev–Trinajstić information content (AvgIpc) is 2.59. The Morgan fingerprint density at radius 3 is 2.36 bits per heavy atom. The number of carbonyl (C=O) groups excluding carboxylic acids is 1. The minimum absolute atomic E-state index is 0.113. The van der Waals surface area contributed by atoms with Gasteiger partial charge in [-0.3, -0.25) is 4.79 Å². The average molecular weight is 292 g/mol. The molecule has 2 aromatic rings. The molecule has 0 unspecified atom stereocenters. The molecule has 22 heavy (non-hydrogen) atoms. The molecule has 3 rings (SSSR count). The van der Waals surface area contributed by atoms with Crippen LogP contribution in [0.5, 0.6) is 0 Å². The minimum Gasteiger partial charge on any atom is -0.381 e. The third kappa shape index (κ3) is 2.26. The third-order valence-corrected chi connectivity index (χ3v) is 4.19. The fourth-order valence-corrected chi connectivity index (χ4v) is 2.92. The molecule has 1 aliphatic heterocycles. The molecule has 110 valence electrons. The number of benzene rings is 2. The van der Waals surface area contributed by atoms with Crippen molar-refractivity contribution in [2.75, 3.05) is 0 Å². The first-order valence-electron chi connectivity index (χ1n) is 7.18. The van der Waals surface area contributed by atoms with Crippen LogP contribution in [0.3, 0.4) is 0 Å². The van der Waals surface area contributed by atoms with Gasteiger partial charge in [0.25, 0.3) is 5.91 Å². The second-order valence-electron chi connectivity index (χ2n) is 5.46. The smallest absolute Gasteiger partial charge is 0.255 e. The molecule has 1 heterocycles. The number of likely N-dealkylation sites (tertiary alicyclic amines) is 1. The molecular formula is C18H16N2O2. The van der Waals surface area contributed by atoms with Crippen LogP contribution in [0.15, 0.2) is 54.6 Å². The second-order valence-corrected chi connectivity index (χ2v) is 5.46. The second kappa shape index (κ2) is 5.63. The summed E-state index contributed by atoms with van der Waals surface area (Å²) >= 11 is 0. The lowest BCUT2D eigenvalue weighted by Crippen LogP contribution is -2.59. The molecule has 0 radical (unpaired) electrons. The van der Waals surface area contributed by atoms with E-state index in [0.717, 1.165) is 11.1 Å². The Morgan fingerprint density at radius 2 is 1.77 bits per heavy atom. The van der Waals surface area contributed by atoms with Crippen LogP contribution in [0.2, 0.25) is 0 Å². The van der Waals surface area contributed by atoms with Gasteiger partial charge >= 0.3 is 0 Å². The summed E-state index contributed by atoms with van der Waals surface area (Å²) in [6, 6.07) is 18.3. The Hall–Kier alpha value is -2.64. The number of hydrogen-bond donors (Lipinski definition) is 1. The maximum atomic E-state index is 12.1. The van der Waals surface area contributed by atoms with Crippen molar-refractivity contribution in [2.24, 2.45) is 0 Å². The summed E-state index contributed by atoms with van der Waals surface area (Å²) in [7, 11) is 0. The van der Waals surface area contributed by atoms with E-state index in [1.54, 1.807) is 29.2 Å². The highest BCUT2D eigenvalue weighted by Crippen LogP contribution is 2.41. The molecule has 1 amide bonds. The molecule has 0 aliphatic carbocycles. The predicted molar refractivity (Wildman–Crippen MR) is 81.6 cm³/mol. The molecule has 2 aromatic carbocycles. The van der Waals surface area contributed by atoms with Crippen molar-refractivity contribution in [1.29, 1.82) is 5.26 Å². The maximum absolute atomic E-state index is 12.1. The predicted octanol–water partition coefficient (Wildman–Crippen LogP) is 2.56. The minimum atomic E-state index is -1.01. The summed E-state index contributed by atoms with van der Waals surface area (Å²) in [6.07, 6.45) is -1.01. The van der Waals surface area contributed by atoms with Gasteiger partial charge in [-0.05, 0) is 30.2 Å². The molecule has 0 spiro atoms. The van der Waals surface area contributed by atoms with Crippen LogP contribution in [0.1, 0.15) is 35.7 Å². The molecule has 1 saturated heterocycles. The summed E-state index contributed by atoms with van der Waals surface area (Å²) in [6.45, 7) is 1.95. The highest BCUT2D eigenvalue weighted by atomic mass is 16.3. The number of carbonyl (C=O) groups is 1. The first kappa shape index (κ1) is 14.3. The van der Waals surface area contributed by atoms with Gasteiger partial charge in [0.15, 0.2) is 6.10 Å². The third-order valence-electron chi connectivity index (χ3n) is 4.19. The molecule has 4 heteroatoms. The van der Waals surface area contributed by atoms with Crippen molar-refractivity contribution in [3.63, 3.8) is 0 Å². The van der Waals surface area contributed by atoms with Crippen molar-refractivity contribution < 1.29 is 9.90 Å². The summed E-state index contributed by atoms with van der Waals surface area (Å²) in [5.74, 6) is -0.259. The van der Waals surface area contributed by atoms with E-state index in [2.05, 4.69) is 6.07 Å². The molecule has 0 bridgehead atoms. The molecule has 0 aromatic heterocycles. The van der Waals surface area contributed by atoms with Crippen molar-refractivity contribution in [3.8, 4) is 6.07 Å². The number of β-lactam (4-membered cyclic amide) rings is 1. The normalized spacial score (nSPS) is 21.9. The van der Waals surface area contributed by atoms with Gasteiger partial charge in [-0.2, -0.15) is 5.26 Å². The van der Waals surface area contributed by atoms with Crippen LogP contribution in [-0.4, -0.2) is 22.0 Å². The number of aliphatic hydroxyl groups excluding tert-OH is 1. The van der Waals surface area contributed by atoms with E-state index in [1.807, 2.05) is 37.3 Å². The van der Waals surface area contributed by atoms with Crippen molar-refractivity contribution >= 4 is 5.91 Å². The van der Waals surface area contributed by atoms with Crippen LogP contribution < -0.4 is 0 Å². The van der Waals surface area contributed by atoms with Crippen LogP contribution in [-0.2, 0) is 4.79 Å². The monoisotopic (exact) mass is 292 g/mol. The lowest BCUT2D eigenvalue weighted by Gasteiger charge is -2.48. The molecule has 4 nitrogen and oxygen atoms in total. The summed E-state index contributed by atoms with van der Waals surface area (Å²) in [4.78, 5) is 13.8. The topological polar surface area (TPSA) is 64.3 Å². The van der Waals surface area contributed by atoms with Crippen LogP contribution in [0.4, 0.5) is 0 Å². The fraction of sp³-hybridized carbons (Fsp3) is 0.222. The van der Waals surface area contributed by atoms with Gasteiger partial charge in [-0.1, -0.05) is 42.5 Å². The molecule has 1 fully saturated rings. The molecule has 1 aliphatic rings. The van der Waals surface area contributed by atoms with E-state index in [9.17, 15) is 9.90 Å². The van der Waals surface area contributed by atoms with Crippen LogP contribution in [0.25, 0.3) is 0 Å². The van der Waals surface area contributed by atoms with Gasteiger partial charge < -0.3 is 10.0 Å². The van der Waals surface area contributed by atoms with Crippen LogP contribution in [0, 0.1) is 11.3 Å². The lowest BCUT2D eigenvalue weighted by atomic mass is 9.87. The highest BCUT2D eigenvalue weighted by molar-refractivity contribution is 5.89. The van der Waals surface area contributed by atoms with Gasteiger partial charge in [-0.25, -0.2) is 0 Å². The quantitative estimate of drug-likeness (QED) is 0.884.